The Morgan fingerprint density at radius 2 is 2.15 bits per heavy atom. The zero-order valence-electron chi connectivity index (χ0n) is 6.41. The lowest BCUT2D eigenvalue weighted by Gasteiger charge is -1.93. The van der Waals surface area contributed by atoms with Gasteiger partial charge in [0, 0.05) is 6.20 Å². The van der Waals surface area contributed by atoms with Gasteiger partial charge >= 0.3 is 0 Å². The Morgan fingerprint density at radius 3 is 2.69 bits per heavy atom. The van der Waals surface area contributed by atoms with Crippen molar-refractivity contribution in [3.63, 3.8) is 0 Å². The Labute approximate surface area is 84.0 Å². The number of aromatic amines is 2. The van der Waals surface area contributed by atoms with E-state index in [1.165, 1.54) is 0 Å². The van der Waals surface area contributed by atoms with Crippen molar-refractivity contribution in [2.75, 3.05) is 0 Å². The lowest BCUT2D eigenvalue weighted by Crippen LogP contribution is -1.84. The first-order chi connectivity index (χ1) is 6.25. The molecular weight excluding hydrogens is 208 g/mol. The number of halogens is 1. The van der Waals surface area contributed by atoms with Crippen molar-refractivity contribution >= 4 is 23.8 Å². The summed E-state index contributed by atoms with van der Waals surface area (Å²) in [7, 11) is 0. The number of hydrogen-bond donors (Lipinski definition) is 2. The van der Waals surface area contributed by atoms with Crippen LogP contribution in [0.2, 0.25) is 5.02 Å². The normalized spacial score (nSPS) is 10.2. The summed E-state index contributed by atoms with van der Waals surface area (Å²) >= 11 is 10.5. The second-order valence-electron chi connectivity index (χ2n) is 2.38. The van der Waals surface area contributed by atoms with E-state index in [9.17, 15) is 0 Å². The van der Waals surface area contributed by atoms with E-state index in [-0.39, 0.29) is 0 Å². The lowest BCUT2D eigenvalue weighted by molar-refractivity contribution is 1.07. The highest BCUT2D eigenvalue weighted by atomic mass is 35.5. The fourth-order valence-electron chi connectivity index (χ4n) is 0.907. The molecule has 0 aliphatic rings. The summed E-state index contributed by atoms with van der Waals surface area (Å²) in [5.74, 6) is 0.613. The number of H-pyrrole nitrogens is 2. The molecule has 2 N–H and O–H groups in total. The zero-order valence-corrected chi connectivity index (χ0v) is 7.99. The third-order valence-corrected chi connectivity index (χ3v) is 1.89. The van der Waals surface area contributed by atoms with E-state index in [0.29, 0.717) is 21.3 Å². The van der Waals surface area contributed by atoms with E-state index in [0.717, 1.165) is 0 Å². The van der Waals surface area contributed by atoms with E-state index < -0.39 is 0 Å². The van der Waals surface area contributed by atoms with Crippen LogP contribution in [0.5, 0.6) is 0 Å². The van der Waals surface area contributed by atoms with Crippen molar-refractivity contribution in [2.24, 2.45) is 0 Å². The van der Waals surface area contributed by atoms with Gasteiger partial charge in [0.15, 0.2) is 5.82 Å². The Balaban J connectivity index is 2.47. The first kappa shape index (κ1) is 8.40. The molecule has 0 spiro atoms. The minimum absolute atomic E-state index is 0.409. The summed E-state index contributed by atoms with van der Waals surface area (Å²) in [6, 6.07) is 3.51. The minimum Gasteiger partial charge on any atom is -0.280 e. The number of aromatic nitrogens is 4. The van der Waals surface area contributed by atoms with Crippen LogP contribution in [0.3, 0.4) is 0 Å². The molecule has 0 aliphatic heterocycles. The molecular formula is C7H5ClN4S. The standard InChI is InChI=1S/C7H5ClN4S/c8-4-1-2-5(9-3-4)6-10-7(13)12-11-6/h1-3H,(H2,10,11,12,13). The number of rotatable bonds is 1. The molecule has 0 aliphatic carbocycles. The Morgan fingerprint density at radius 1 is 1.31 bits per heavy atom. The second-order valence-corrected chi connectivity index (χ2v) is 3.20. The van der Waals surface area contributed by atoms with Gasteiger partial charge in [0.25, 0.3) is 0 Å². The van der Waals surface area contributed by atoms with Crippen LogP contribution in [-0.4, -0.2) is 20.2 Å². The monoisotopic (exact) mass is 212 g/mol. The minimum atomic E-state index is 0.409. The van der Waals surface area contributed by atoms with Crippen LogP contribution < -0.4 is 0 Å². The van der Waals surface area contributed by atoms with Crippen LogP contribution in [0.25, 0.3) is 11.5 Å². The first-order valence-electron chi connectivity index (χ1n) is 3.52. The average molecular weight is 213 g/mol. The van der Waals surface area contributed by atoms with Gasteiger partial charge in [0.1, 0.15) is 5.69 Å². The molecule has 0 amide bonds. The zero-order chi connectivity index (χ0) is 9.26. The molecule has 0 saturated heterocycles. The molecule has 0 atom stereocenters. The van der Waals surface area contributed by atoms with E-state index in [2.05, 4.69) is 20.2 Å². The van der Waals surface area contributed by atoms with Crippen molar-refractivity contribution in [1.82, 2.24) is 20.2 Å². The molecule has 2 aromatic heterocycles. The summed E-state index contributed by atoms with van der Waals surface area (Å²) in [6.07, 6.45) is 1.56. The SMILES string of the molecule is S=c1nc(-c2ccc(Cl)cn2)[nH][nH]1. The molecule has 0 saturated carbocycles. The summed E-state index contributed by atoms with van der Waals surface area (Å²) in [6.45, 7) is 0. The molecule has 0 fully saturated rings. The topological polar surface area (TPSA) is 57.4 Å². The molecule has 66 valence electrons. The molecule has 0 aromatic carbocycles. The predicted molar refractivity (Wildman–Crippen MR) is 52.0 cm³/mol. The number of nitrogens with one attached hydrogen (secondary N) is 2. The fraction of sp³-hybridized carbons (Fsp3) is 0. The molecule has 4 nitrogen and oxygen atoms in total. The Kier molecular flexibility index (Phi) is 2.12. The largest absolute Gasteiger partial charge is 0.280 e. The molecule has 0 bridgehead atoms. The average Bonchev–Trinajstić information content (AvgIpc) is 2.53. The summed E-state index contributed by atoms with van der Waals surface area (Å²) < 4.78 is 0.409. The van der Waals surface area contributed by atoms with Crippen molar-refractivity contribution in [2.45, 2.75) is 0 Å². The molecule has 2 rings (SSSR count). The van der Waals surface area contributed by atoms with Gasteiger partial charge in [-0.05, 0) is 24.4 Å². The second kappa shape index (κ2) is 3.27. The quantitative estimate of drug-likeness (QED) is 0.713. The van der Waals surface area contributed by atoms with Gasteiger partial charge in [-0.1, -0.05) is 11.6 Å². The maximum Gasteiger partial charge on any atom is 0.213 e. The van der Waals surface area contributed by atoms with E-state index in [4.69, 9.17) is 23.8 Å². The van der Waals surface area contributed by atoms with Crippen LogP contribution >= 0.6 is 23.8 Å². The molecule has 13 heavy (non-hydrogen) atoms. The van der Waals surface area contributed by atoms with Gasteiger partial charge in [-0.3, -0.25) is 15.2 Å². The van der Waals surface area contributed by atoms with Crippen molar-refractivity contribution in [3.8, 4) is 11.5 Å². The van der Waals surface area contributed by atoms with E-state index in [1.807, 2.05) is 0 Å². The smallest absolute Gasteiger partial charge is 0.213 e. The van der Waals surface area contributed by atoms with Crippen LogP contribution in [0.15, 0.2) is 18.3 Å². The molecule has 2 aromatic rings. The Bertz CT molecular complexity index is 458. The van der Waals surface area contributed by atoms with Crippen molar-refractivity contribution < 1.29 is 0 Å². The maximum absolute atomic E-state index is 5.68. The van der Waals surface area contributed by atoms with Crippen LogP contribution in [-0.2, 0) is 0 Å². The molecule has 2 heterocycles. The van der Waals surface area contributed by atoms with Crippen LogP contribution in [0.1, 0.15) is 0 Å². The van der Waals surface area contributed by atoms with Crippen molar-refractivity contribution in [1.29, 1.82) is 0 Å². The first-order valence-corrected chi connectivity index (χ1v) is 4.31. The van der Waals surface area contributed by atoms with Gasteiger partial charge in [0.2, 0.25) is 4.77 Å². The number of nitrogens with zero attached hydrogens (tertiary/aromatic N) is 2. The highest BCUT2D eigenvalue weighted by Gasteiger charge is 2.01. The van der Waals surface area contributed by atoms with Crippen LogP contribution in [0.4, 0.5) is 0 Å². The predicted octanol–water partition coefficient (Wildman–Crippen LogP) is 2.18. The Hall–Kier alpha value is -1.20. The van der Waals surface area contributed by atoms with Crippen LogP contribution in [0, 0.1) is 4.77 Å². The summed E-state index contributed by atoms with van der Waals surface area (Å²) in [4.78, 5) is 8.08. The van der Waals surface area contributed by atoms with Gasteiger partial charge in [-0.2, -0.15) is 4.98 Å². The highest BCUT2D eigenvalue weighted by Crippen LogP contribution is 2.13. The molecule has 0 radical (unpaired) electrons. The van der Waals surface area contributed by atoms with Gasteiger partial charge in [-0.15, -0.1) is 0 Å². The number of pyridine rings is 1. The number of hydrogen-bond acceptors (Lipinski definition) is 3. The lowest BCUT2D eigenvalue weighted by atomic mass is 10.3. The van der Waals surface area contributed by atoms with Gasteiger partial charge < -0.3 is 0 Å². The third kappa shape index (κ3) is 1.76. The maximum atomic E-state index is 5.68. The van der Waals surface area contributed by atoms with E-state index in [1.54, 1.807) is 18.3 Å². The highest BCUT2D eigenvalue weighted by molar-refractivity contribution is 7.71. The summed E-state index contributed by atoms with van der Waals surface area (Å²) in [5.41, 5.74) is 0.705. The van der Waals surface area contributed by atoms with Gasteiger partial charge in [-0.25, -0.2) is 0 Å². The summed E-state index contributed by atoms with van der Waals surface area (Å²) in [5, 5.41) is 6.08. The van der Waals surface area contributed by atoms with Gasteiger partial charge in [0.05, 0.1) is 5.02 Å². The molecule has 0 unspecified atom stereocenters. The van der Waals surface area contributed by atoms with E-state index >= 15 is 0 Å². The fourth-order valence-corrected chi connectivity index (χ4v) is 1.16. The van der Waals surface area contributed by atoms with Crippen molar-refractivity contribution in [3.05, 3.63) is 28.1 Å². The molecule has 6 heteroatoms. The third-order valence-electron chi connectivity index (χ3n) is 1.47.